The number of ether oxygens (including phenoxy) is 1. The fourth-order valence-corrected chi connectivity index (χ4v) is 1.82. The lowest BCUT2D eigenvalue weighted by atomic mass is 10.1. The standard InChI is InChI=1S/C11H12ClNO/c1-14-11-7-8(12)4-5-9(11)10-3-2-6-13-10/h4-5,7H,2-3,6H2,1H3. The van der Waals surface area contributed by atoms with Gasteiger partial charge in [0.1, 0.15) is 5.75 Å². The van der Waals surface area contributed by atoms with Crippen LogP contribution in [0.2, 0.25) is 5.02 Å². The van der Waals surface area contributed by atoms with E-state index in [-0.39, 0.29) is 0 Å². The minimum atomic E-state index is 0.698. The fourth-order valence-electron chi connectivity index (χ4n) is 1.66. The maximum Gasteiger partial charge on any atom is 0.129 e. The van der Waals surface area contributed by atoms with Crippen molar-refractivity contribution in [3.63, 3.8) is 0 Å². The molecule has 0 atom stereocenters. The van der Waals surface area contributed by atoms with Crippen molar-refractivity contribution in [2.45, 2.75) is 12.8 Å². The van der Waals surface area contributed by atoms with Crippen LogP contribution in [0.3, 0.4) is 0 Å². The van der Waals surface area contributed by atoms with Crippen molar-refractivity contribution in [3.8, 4) is 5.75 Å². The molecule has 74 valence electrons. The van der Waals surface area contributed by atoms with E-state index in [4.69, 9.17) is 16.3 Å². The summed E-state index contributed by atoms with van der Waals surface area (Å²) in [6.07, 6.45) is 2.18. The first-order chi connectivity index (χ1) is 6.81. The summed E-state index contributed by atoms with van der Waals surface area (Å²) < 4.78 is 5.27. The normalized spacial score (nSPS) is 15.4. The molecule has 1 aromatic carbocycles. The maximum atomic E-state index is 5.88. The summed E-state index contributed by atoms with van der Waals surface area (Å²) in [6.45, 7) is 0.932. The first kappa shape index (κ1) is 9.53. The molecule has 1 aliphatic rings. The molecule has 0 aromatic heterocycles. The van der Waals surface area contributed by atoms with Crippen molar-refractivity contribution in [3.05, 3.63) is 28.8 Å². The third kappa shape index (κ3) is 1.75. The number of hydrogen-bond donors (Lipinski definition) is 0. The molecule has 0 saturated carbocycles. The van der Waals surface area contributed by atoms with E-state index < -0.39 is 0 Å². The third-order valence-electron chi connectivity index (χ3n) is 2.35. The SMILES string of the molecule is COc1cc(Cl)ccc1C1=NCCC1. The predicted molar refractivity (Wildman–Crippen MR) is 58.6 cm³/mol. The molecule has 0 saturated heterocycles. The molecule has 0 bridgehead atoms. The molecule has 2 rings (SSSR count). The van der Waals surface area contributed by atoms with Crippen LogP contribution in [0.25, 0.3) is 0 Å². The Morgan fingerprint density at radius 1 is 1.43 bits per heavy atom. The smallest absolute Gasteiger partial charge is 0.129 e. The number of aliphatic imine (C=N–C) groups is 1. The van der Waals surface area contributed by atoms with Crippen molar-refractivity contribution in [2.24, 2.45) is 4.99 Å². The van der Waals surface area contributed by atoms with Crippen molar-refractivity contribution in [1.29, 1.82) is 0 Å². The van der Waals surface area contributed by atoms with Gasteiger partial charge in [-0.05, 0) is 31.0 Å². The monoisotopic (exact) mass is 209 g/mol. The molecule has 14 heavy (non-hydrogen) atoms. The molecule has 0 aliphatic carbocycles. The molecule has 0 N–H and O–H groups in total. The number of halogens is 1. The molecule has 2 nitrogen and oxygen atoms in total. The molecule has 1 aromatic rings. The van der Waals surface area contributed by atoms with Gasteiger partial charge in [-0.1, -0.05) is 11.6 Å². The number of methoxy groups -OCH3 is 1. The lowest BCUT2D eigenvalue weighted by Crippen LogP contribution is -1.99. The molecule has 3 heteroatoms. The van der Waals surface area contributed by atoms with Crippen LogP contribution in [0.15, 0.2) is 23.2 Å². The lowest BCUT2D eigenvalue weighted by Gasteiger charge is -2.08. The predicted octanol–water partition coefficient (Wildman–Crippen LogP) is 2.93. The van der Waals surface area contributed by atoms with Crippen molar-refractivity contribution in [2.75, 3.05) is 13.7 Å². The van der Waals surface area contributed by atoms with Crippen LogP contribution in [0.5, 0.6) is 5.75 Å². The Morgan fingerprint density at radius 2 is 2.29 bits per heavy atom. The first-order valence-electron chi connectivity index (χ1n) is 4.68. The second kappa shape index (κ2) is 4.01. The number of hydrogen-bond acceptors (Lipinski definition) is 2. The average Bonchev–Trinajstić information content (AvgIpc) is 2.70. The van der Waals surface area contributed by atoms with Crippen molar-refractivity contribution in [1.82, 2.24) is 0 Å². The highest BCUT2D eigenvalue weighted by atomic mass is 35.5. The summed E-state index contributed by atoms with van der Waals surface area (Å²) in [4.78, 5) is 4.44. The maximum absolute atomic E-state index is 5.88. The van der Waals surface area contributed by atoms with E-state index >= 15 is 0 Å². The Hall–Kier alpha value is -1.02. The third-order valence-corrected chi connectivity index (χ3v) is 2.58. The van der Waals surface area contributed by atoms with Crippen LogP contribution in [-0.2, 0) is 0 Å². The van der Waals surface area contributed by atoms with Crippen LogP contribution in [-0.4, -0.2) is 19.4 Å². The summed E-state index contributed by atoms with van der Waals surface area (Å²) in [5.74, 6) is 0.818. The Kier molecular flexibility index (Phi) is 2.73. The van der Waals surface area contributed by atoms with Gasteiger partial charge < -0.3 is 4.74 Å². The van der Waals surface area contributed by atoms with Gasteiger partial charge in [0, 0.05) is 22.8 Å². The van der Waals surface area contributed by atoms with E-state index in [2.05, 4.69) is 4.99 Å². The molecule has 0 amide bonds. The number of nitrogens with zero attached hydrogens (tertiary/aromatic N) is 1. The zero-order valence-electron chi connectivity index (χ0n) is 8.09. The van der Waals surface area contributed by atoms with Crippen molar-refractivity contribution >= 4 is 17.3 Å². The van der Waals surface area contributed by atoms with E-state index in [0.717, 1.165) is 36.4 Å². The van der Waals surface area contributed by atoms with Gasteiger partial charge in [0.25, 0.3) is 0 Å². The Bertz CT molecular complexity index is 374. The van der Waals surface area contributed by atoms with Gasteiger partial charge in [-0.3, -0.25) is 4.99 Å². The molecule has 0 spiro atoms. The van der Waals surface area contributed by atoms with Gasteiger partial charge >= 0.3 is 0 Å². The average molecular weight is 210 g/mol. The summed E-state index contributed by atoms with van der Waals surface area (Å²) in [5.41, 5.74) is 2.22. The highest BCUT2D eigenvalue weighted by molar-refractivity contribution is 6.30. The van der Waals surface area contributed by atoms with E-state index in [0.29, 0.717) is 5.02 Å². The van der Waals surface area contributed by atoms with E-state index in [1.54, 1.807) is 7.11 Å². The zero-order chi connectivity index (χ0) is 9.97. The summed E-state index contributed by atoms with van der Waals surface area (Å²) in [6, 6.07) is 5.68. The topological polar surface area (TPSA) is 21.6 Å². The molecule has 0 fully saturated rings. The minimum absolute atomic E-state index is 0.698. The van der Waals surface area contributed by atoms with E-state index in [1.165, 1.54) is 0 Å². The van der Waals surface area contributed by atoms with Crippen LogP contribution in [0, 0.1) is 0 Å². The van der Waals surface area contributed by atoms with Gasteiger partial charge in [0.05, 0.1) is 7.11 Å². The zero-order valence-corrected chi connectivity index (χ0v) is 8.84. The summed E-state index contributed by atoms with van der Waals surface area (Å²) >= 11 is 5.88. The van der Waals surface area contributed by atoms with Gasteiger partial charge in [-0.25, -0.2) is 0 Å². The van der Waals surface area contributed by atoms with Crippen LogP contribution >= 0.6 is 11.6 Å². The Morgan fingerprint density at radius 3 is 2.93 bits per heavy atom. The summed E-state index contributed by atoms with van der Waals surface area (Å²) in [5, 5.41) is 0.698. The lowest BCUT2D eigenvalue weighted by molar-refractivity contribution is 0.414. The van der Waals surface area contributed by atoms with Gasteiger partial charge in [-0.15, -0.1) is 0 Å². The van der Waals surface area contributed by atoms with Crippen LogP contribution in [0.1, 0.15) is 18.4 Å². The van der Waals surface area contributed by atoms with Crippen LogP contribution in [0.4, 0.5) is 0 Å². The van der Waals surface area contributed by atoms with Crippen molar-refractivity contribution < 1.29 is 4.74 Å². The molecular formula is C11H12ClNO. The molecule has 1 aliphatic heterocycles. The van der Waals surface area contributed by atoms with E-state index in [1.807, 2.05) is 18.2 Å². The minimum Gasteiger partial charge on any atom is -0.496 e. The quantitative estimate of drug-likeness (QED) is 0.734. The fraction of sp³-hybridized carbons (Fsp3) is 0.364. The number of benzene rings is 1. The van der Waals surface area contributed by atoms with Crippen LogP contribution < -0.4 is 4.74 Å². The molecular weight excluding hydrogens is 198 g/mol. The van der Waals surface area contributed by atoms with Gasteiger partial charge in [0.15, 0.2) is 0 Å². The van der Waals surface area contributed by atoms with E-state index in [9.17, 15) is 0 Å². The Labute approximate surface area is 88.6 Å². The molecule has 0 radical (unpaired) electrons. The summed E-state index contributed by atoms with van der Waals surface area (Å²) in [7, 11) is 1.66. The highest BCUT2D eigenvalue weighted by Gasteiger charge is 2.13. The first-order valence-corrected chi connectivity index (χ1v) is 5.06. The largest absolute Gasteiger partial charge is 0.496 e. The highest BCUT2D eigenvalue weighted by Crippen LogP contribution is 2.26. The Balaban J connectivity index is 2.41. The number of rotatable bonds is 2. The van der Waals surface area contributed by atoms with Gasteiger partial charge in [0.2, 0.25) is 0 Å². The van der Waals surface area contributed by atoms with Gasteiger partial charge in [-0.2, -0.15) is 0 Å². The molecule has 0 unspecified atom stereocenters. The second-order valence-electron chi connectivity index (χ2n) is 3.28. The second-order valence-corrected chi connectivity index (χ2v) is 3.71. The molecule has 1 heterocycles.